The molecule has 6 nitrogen and oxygen atoms in total. The summed E-state index contributed by atoms with van der Waals surface area (Å²) < 4.78 is 28.0. The fraction of sp³-hybridized carbons (Fsp3) is 0.364. The van der Waals surface area contributed by atoms with Gasteiger partial charge in [0.2, 0.25) is 10.0 Å². The molecule has 2 N–H and O–H groups in total. The number of hydrogen-bond donors (Lipinski definition) is 2. The predicted octanol–water partition coefficient (Wildman–Crippen LogP) is 0.724. The Labute approximate surface area is 115 Å². The highest BCUT2D eigenvalue weighted by Crippen LogP contribution is 2.14. The SMILES string of the molecule is Cc1cscc1CNS(=O)(=O)c1cnn(CCO)c1. The predicted molar refractivity (Wildman–Crippen MR) is 72.4 cm³/mol. The monoisotopic (exact) mass is 301 g/mol. The maximum absolute atomic E-state index is 12.0. The first-order chi connectivity index (χ1) is 9.03. The summed E-state index contributed by atoms with van der Waals surface area (Å²) in [5.41, 5.74) is 2.04. The van der Waals surface area contributed by atoms with Gasteiger partial charge < -0.3 is 5.11 Å². The Morgan fingerprint density at radius 3 is 2.89 bits per heavy atom. The number of aliphatic hydroxyl groups excluding tert-OH is 1. The number of aromatic nitrogens is 2. The minimum atomic E-state index is -3.56. The highest BCUT2D eigenvalue weighted by molar-refractivity contribution is 7.89. The molecular weight excluding hydrogens is 286 g/mol. The Balaban J connectivity index is 2.07. The molecule has 19 heavy (non-hydrogen) atoms. The van der Waals surface area contributed by atoms with Crippen LogP contribution in [0.2, 0.25) is 0 Å². The number of hydrogen-bond acceptors (Lipinski definition) is 5. The van der Waals surface area contributed by atoms with E-state index < -0.39 is 10.0 Å². The molecule has 0 amide bonds. The van der Waals surface area contributed by atoms with Gasteiger partial charge in [-0.05, 0) is 28.8 Å². The quantitative estimate of drug-likeness (QED) is 0.823. The average molecular weight is 301 g/mol. The molecule has 0 aliphatic carbocycles. The Hall–Kier alpha value is -1.22. The van der Waals surface area contributed by atoms with E-state index in [1.54, 1.807) is 11.3 Å². The third-order valence-corrected chi connectivity index (χ3v) is 4.93. The van der Waals surface area contributed by atoms with Crippen LogP contribution in [0.15, 0.2) is 28.0 Å². The van der Waals surface area contributed by atoms with E-state index in [2.05, 4.69) is 9.82 Å². The van der Waals surface area contributed by atoms with Crippen molar-refractivity contribution in [3.63, 3.8) is 0 Å². The third-order valence-electron chi connectivity index (χ3n) is 2.66. The first kappa shape index (κ1) is 14.2. The zero-order chi connectivity index (χ0) is 13.9. The zero-order valence-electron chi connectivity index (χ0n) is 10.4. The standard InChI is InChI=1S/C11H15N3O3S2/c1-9-7-18-8-10(9)4-13-19(16,17)11-5-12-14(6-11)2-3-15/h5-8,13,15H,2-4H2,1H3. The molecule has 2 heterocycles. The summed E-state index contributed by atoms with van der Waals surface area (Å²) in [5.74, 6) is 0. The maximum Gasteiger partial charge on any atom is 0.243 e. The lowest BCUT2D eigenvalue weighted by atomic mass is 10.2. The van der Waals surface area contributed by atoms with Crippen molar-refractivity contribution in [3.05, 3.63) is 34.3 Å². The number of thiophene rings is 1. The number of nitrogens with one attached hydrogen (secondary N) is 1. The van der Waals surface area contributed by atoms with E-state index in [-0.39, 0.29) is 24.6 Å². The van der Waals surface area contributed by atoms with Crippen molar-refractivity contribution in [1.82, 2.24) is 14.5 Å². The fourth-order valence-electron chi connectivity index (χ4n) is 1.53. The smallest absolute Gasteiger partial charge is 0.243 e. The molecule has 2 rings (SSSR count). The van der Waals surface area contributed by atoms with Crippen LogP contribution in [0, 0.1) is 6.92 Å². The van der Waals surface area contributed by atoms with Gasteiger partial charge in [0.1, 0.15) is 4.90 Å². The molecule has 8 heteroatoms. The molecule has 0 spiro atoms. The number of sulfonamides is 1. The van der Waals surface area contributed by atoms with E-state index in [0.717, 1.165) is 11.1 Å². The molecule has 104 valence electrons. The fourth-order valence-corrected chi connectivity index (χ4v) is 3.35. The van der Waals surface area contributed by atoms with Gasteiger partial charge in [-0.15, -0.1) is 0 Å². The Bertz CT molecular complexity index is 646. The first-order valence-corrected chi connectivity index (χ1v) is 8.10. The van der Waals surface area contributed by atoms with Crippen LogP contribution in [0.3, 0.4) is 0 Å². The Morgan fingerprint density at radius 2 is 2.26 bits per heavy atom. The molecule has 2 aromatic rings. The zero-order valence-corrected chi connectivity index (χ0v) is 12.0. The number of rotatable bonds is 6. The average Bonchev–Trinajstić information content (AvgIpc) is 2.97. The van der Waals surface area contributed by atoms with Crippen LogP contribution in [0.1, 0.15) is 11.1 Å². The summed E-state index contributed by atoms with van der Waals surface area (Å²) in [5, 5.41) is 16.5. The number of aliphatic hydroxyl groups is 1. The van der Waals surface area contributed by atoms with E-state index in [1.165, 1.54) is 17.1 Å². The van der Waals surface area contributed by atoms with Gasteiger partial charge in [-0.1, -0.05) is 0 Å². The summed E-state index contributed by atoms with van der Waals surface area (Å²) >= 11 is 1.54. The minimum Gasteiger partial charge on any atom is -0.394 e. The van der Waals surface area contributed by atoms with Crippen LogP contribution < -0.4 is 4.72 Å². The van der Waals surface area contributed by atoms with Crippen LogP contribution in [-0.2, 0) is 23.1 Å². The van der Waals surface area contributed by atoms with Crippen LogP contribution in [0.25, 0.3) is 0 Å². The van der Waals surface area contributed by atoms with E-state index >= 15 is 0 Å². The van der Waals surface area contributed by atoms with Crippen molar-refractivity contribution in [3.8, 4) is 0 Å². The van der Waals surface area contributed by atoms with Crippen molar-refractivity contribution >= 4 is 21.4 Å². The normalized spacial score (nSPS) is 11.9. The van der Waals surface area contributed by atoms with Gasteiger partial charge in [0, 0.05) is 12.7 Å². The van der Waals surface area contributed by atoms with Crippen LogP contribution >= 0.6 is 11.3 Å². The third kappa shape index (κ3) is 3.41. The topological polar surface area (TPSA) is 84.2 Å². The molecule has 0 radical (unpaired) electrons. The molecule has 0 aliphatic rings. The molecule has 0 aliphatic heterocycles. The van der Waals surface area contributed by atoms with Gasteiger partial charge in [0.15, 0.2) is 0 Å². The van der Waals surface area contributed by atoms with Crippen molar-refractivity contribution in [2.24, 2.45) is 0 Å². The molecule has 0 atom stereocenters. The molecule has 0 saturated heterocycles. The first-order valence-electron chi connectivity index (χ1n) is 5.67. The molecular formula is C11H15N3O3S2. The summed E-state index contributed by atoms with van der Waals surface area (Å²) in [6, 6.07) is 0. The van der Waals surface area contributed by atoms with Crippen LogP contribution in [0.4, 0.5) is 0 Å². The van der Waals surface area contributed by atoms with Gasteiger partial charge in [0.25, 0.3) is 0 Å². The van der Waals surface area contributed by atoms with Crippen molar-refractivity contribution in [1.29, 1.82) is 0 Å². The van der Waals surface area contributed by atoms with Crippen LogP contribution in [-0.4, -0.2) is 29.9 Å². The van der Waals surface area contributed by atoms with Gasteiger partial charge in [-0.25, -0.2) is 13.1 Å². The Morgan fingerprint density at radius 1 is 1.47 bits per heavy atom. The van der Waals surface area contributed by atoms with E-state index in [1.807, 2.05) is 17.7 Å². The van der Waals surface area contributed by atoms with Crippen LogP contribution in [0.5, 0.6) is 0 Å². The molecule has 0 saturated carbocycles. The summed E-state index contributed by atoms with van der Waals surface area (Å²) in [6.07, 6.45) is 2.68. The highest BCUT2D eigenvalue weighted by atomic mass is 32.2. The van der Waals surface area contributed by atoms with E-state index in [0.29, 0.717) is 0 Å². The maximum atomic E-state index is 12.0. The van der Waals surface area contributed by atoms with E-state index in [9.17, 15) is 8.42 Å². The van der Waals surface area contributed by atoms with E-state index in [4.69, 9.17) is 5.11 Å². The molecule has 0 fully saturated rings. The summed E-state index contributed by atoms with van der Waals surface area (Å²) in [4.78, 5) is 0.105. The molecule has 0 bridgehead atoms. The lowest BCUT2D eigenvalue weighted by molar-refractivity contribution is 0.269. The molecule has 2 aromatic heterocycles. The second-order valence-electron chi connectivity index (χ2n) is 4.07. The van der Waals surface area contributed by atoms with Gasteiger partial charge >= 0.3 is 0 Å². The van der Waals surface area contributed by atoms with Crippen molar-refractivity contribution in [2.75, 3.05) is 6.61 Å². The lowest BCUT2D eigenvalue weighted by Gasteiger charge is -2.04. The van der Waals surface area contributed by atoms with Crippen molar-refractivity contribution in [2.45, 2.75) is 24.9 Å². The number of aryl methyl sites for hydroxylation is 1. The number of nitrogens with zero attached hydrogens (tertiary/aromatic N) is 2. The summed E-state index contributed by atoms with van der Waals surface area (Å²) in [6.45, 7) is 2.41. The minimum absolute atomic E-state index is 0.0807. The summed E-state index contributed by atoms with van der Waals surface area (Å²) in [7, 11) is -3.56. The second-order valence-corrected chi connectivity index (χ2v) is 6.58. The van der Waals surface area contributed by atoms with Crippen molar-refractivity contribution < 1.29 is 13.5 Å². The largest absolute Gasteiger partial charge is 0.394 e. The van der Waals surface area contributed by atoms with Gasteiger partial charge in [-0.3, -0.25) is 4.68 Å². The highest BCUT2D eigenvalue weighted by Gasteiger charge is 2.16. The van der Waals surface area contributed by atoms with Gasteiger partial charge in [0.05, 0.1) is 19.3 Å². The lowest BCUT2D eigenvalue weighted by Crippen LogP contribution is -2.23. The molecule has 0 unspecified atom stereocenters. The second kappa shape index (κ2) is 5.83. The Kier molecular flexibility index (Phi) is 4.35. The van der Waals surface area contributed by atoms with Gasteiger partial charge in [-0.2, -0.15) is 16.4 Å². The molecule has 0 aromatic carbocycles.